The van der Waals surface area contributed by atoms with Crippen molar-refractivity contribution in [1.29, 1.82) is 0 Å². The van der Waals surface area contributed by atoms with Crippen LogP contribution in [0.3, 0.4) is 0 Å². The molecule has 5 heteroatoms. The Hall–Kier alpha value is -1.17. The summed E-state index contributed by atoms with van der Waals surface area (Å²) in [7, 11) is 2.12. The third-order valence-corrected chi connectivity index (χ3v) is 4.09. The molecule has 19 heavy (non-hydrogen) atoms. The van der Waals surface area contributed by atoms with Gasteiger partial charge in [-0.1, -0.05) is 0 Å². The molecule has 0 saturated heterocycles. The van der Waals surface area contributed by atoms with Crippen molar-refractivity contribution in [1.82, 2.24) is 14.5 Å². The van der Waals surface area contributed by atoms with Crippen LogP contribution in [0.4, 0.5) is 0 Å². The normalized spacial score (nSPS) is 13.4. The standard InChI is InChI=1S/C14H22N4S/c1-11(2)18-10-16-7-14(18)13(6-15)17(3)8-12-4-5-19-9-12/h4-5,7,9-11,13H,6,8,15H2,1-3H3. The quantitative estimate of drug-likeness (QED) is 0.883. The second-order valence-corrected chi connectivity index (χ2v) is 5.90. The van der Waals surface area contributed by atoms with E-state index in [0.717, 1.165) is 6.54 Å². The van der Waals surface area contributed by atoms with Crippen molar-refractivity contribution in [3.63, 3.8) is 0 Å². The summed E-state index contributed by atoms with van der Waals surface area (Å²) >= 11 is 1.73. The van der Waals surface area contributed by atoms with Gasteiger partial charge in [-0.15, -0.1) is 0 Å². The molecule has 0 spiro atoms. The van der Waals surface area contributed by atoms with Crippen molar-refractivity contribution in [2.24, 2.45) is 5.73 Å². The SMILES string of the molecule is CC(C)n1cncc1C(CN)N(C)Cc1ccsc1. The van der Waals surface area contributed by atoms with E-state index in [-0.39, 0.29) is 6.04 Å². The molecule has 0 saturated carbocycles. The fourth-order valence-corrected chi connectivity index (χ4v) is 2.97. The van der Waals surface area contributed by atoms with Gasteiger partial charge in [0, 0.05) is 25.3 Å². The lowest BCUT2D eigenvalue weighted by Crippen LogP contribution is -2.32. The Labute approximate surface area is 118 Å². The van der Waals surface area contributed by atoms with E-state index in [2.05, 4.69) is 52.2 Å². The molecule has 104 valence electrons. The summed E-state index contributed by atoms with van der Waals surface area (Å²) < 4.78 is 2.20. The first-order valence-electron chi connectivity index (χ1n) is 6.56. The van der Waals surface area contributed by atoms with E-state index in [1.54, 1.807) is 11.3 Å². The number of hydrogen-bond acceptors (Lipinski definition) is 4. The Morgan fingerprint density at radius 2 is 2.26 bits per heavy atom. The maximum absolute atomic E-state index is 5.98. The maximum Gasteiger partial charge on any atom is 0.0951 e. The highest BCUT2D eigenvalue weighted by Gasteiger charge is 2.20. The number of rotatable bonds is 6. The summed E-state index contributed by atoms with van der Waals surface area (Å²) in [5, 5.41) is 4.29. The molecule has 2 rings (SSSR count). The van der Waals surface area contributed by atoms with Crippen LogP contribution in [0.1, 0.15) is 37.2 Å². The molecule has 0 radical (unpaired) electrons. The van der Waals surface area contributed by atoms with Crippen LogP contribution in [0.2, 0.25) is 0 Å². The maximum atomic E-state index is 5.98. The summed E-state index contributed by atoms with van der Waals surface area (Å²) in [6.45, 7) is 5.84. The smallest absolute Gasteiger partial charge is 0.0951 e. The van der Waals surface area contributed by atoms with E-state index in [4.69, 9.17) is 5.73 Å². The van der Waals surface area contributed by atoms with Gasteiger partial charge in [-0.25, -0.2) is 4.98 Å². The summed E-state index contributed by atoms with van der Waals surface area (Å²) in [5.41, 5.74) is 8.51. The first-order chi connectivity index (χ1) is 9.13. The van der Waals surface area contributed by atoms with Crippen LogP contribution in [-0.4, -0.2) is 28.0 Å². The van der Waals surface area contributed by atoms with Gasteiger partial charge in [0.05, 0.1) is 18.1 Å². The molecule has 2 heterocycles. The number of nitrogens with two attached hydrogens (primary N) is 1. The van der Waals surface area contributed by atoms with Crippen LogP contribution in [0.15, 0.2) is 29.4 Å². The molecule has 4 nitrogen and oxygen atoms in total. The Balaban J connectivity index is 2.16. The minimum atomic E-state index is 0.199. The van der Waals surface area contributed by atoms with Gasteiger partial charge in [-0.2, -0.15) is 11.3 Å². The van der Waals surface area contributed by atoms with Gasteiger partial charge in [0.2, 0.25) is 0 Å². The van der Waals surface area contributed by atoms with E-state index in [1.165, 1.54) is 11.3 Å². The van der Waals surface area contributed by atoms with Crippen LogP contribution >= 0.6 is 11.3 Å². The summed E-state index contributed by atoms with van der Waals surface area (Å²) in [6.07, 6.45) is 3.82. The molecule has 2 N–H and O–H groups in total. The van der Waals surface area contributed by atoms with Gasteiger partial charge in [0.1, 0.15) is 0 Å². The van der Waals surface area contributed by atoms with Gasteiger partial charge in [0.15, 0.2) is 0 Å². The molecular weight excluding hydrogens is 256 g/mol. The van der Waals surface area contributed by atoms with Gasteiger partial charge >= 0.3 is 0 Å². The fourth-order valence-electron chi connectivity index (χ4n) is 2.31. The molecule has 1 unspecified atom stereocenters. The van der Waals surface area contributed by atoms with Crippen molar-refractivity contribution < 1.29 is 0 Å². The zero-order chi connectivity index (χ0) is 13.8. The number of thiophene rings is 1. The van der Waals surface area contributed by atoms with Crippen molar-refractivity contribution in [3.05, 3.63) is 40.6 Å². The Bertz CT molecular complexity index is 489. The summed E-state index contributed by atoms with van der Waals surface area (Å²) in [5.74, 6) is 0. The lowest BCUT2D eigenvalue weighted by molar-refractivity contribution is 0.230. The second-order valence-electron chi connectivity index (χ2n) is 5.12. The van der Waals surface area contributed by atoms with Gasteiger partial charge in [0.25, 0.3) is 0 Å². The van der Waals surface area contributed by atoms with E-state index in [9.17, 15) is 0 Å². The van der Waals surface area contributed by atoms with Crippen LogP contribution in [0.25, 0.3) is 0 Å². The third-order valence-electron chi connectivity index (χ3n) is 3.36. The van der Waals surface area contributed by atoms with Crippen molar-refractivity contribution in [3.8, 4) is 0 Å². The number of aromatic nitrogens is 2. The largest absolute Gasteiger partial charge is 0.331 e. The van der Waals surface area contributed by atoms with E-state index in [1.807, 2.05) is 12.5 Å². The number of likely N-dealkylation sites (N-methyl/N-ethyl adjacent to an activating group) is 1. The van der Waals surface area contributed by atoms with Crippen molar-refractivity contribution in [2.75, 3.05) is 13.6 Å². The Morgan fingerprint density at radius 3 is 2.84 bits per heavy atom. The minimum Gasteiger partial charge on any atom is -0.331 e. The van der Waals surface area contributed by atoms with Gasteiger partial charge in [-0.05, 0) is 43.3 Å². The molecule has 1 atom stereocenters. The van der Waals surface area contributed by atoms with Crippen LogP contribution in [0.5, 0.6) is 0 Å². The van der Waals surface area contributed by atoms with Crippen LogP contribution < -0.4 is 5.73 Å². The molecule has 0 bridgehead atoms. The van der Waals surface area contributed by atoms with Crippen LogP contribution in [-0.2, 0) is 6.54 Å². The zero-order valence-electron chi connectivity index (χ0n) is 11.8. The zero-order valence-corrected chi connectivity index (χ0v) is 12.6. The lowest BCUT2D eigenvalue weighted by Gasteiger charge is -2.28. The van der Waals surface area contributed by atoms with Crippen molar-refractivity contribution >= 4 is 11.3 Å². The van der Waals surface area contributed by atoms with Gasteiger partial charge in [-0.3, -0.25) is 4.90 Å². The molecule has 0 aliphatic heterocycles. The molecule has 2 aromatic heterocycles. The lowest BCUT2D eigenvalue weighted by atomic mass is 10.1. The van der Waals surface area contributed by atoms with E-state index < -0.39 is 0 Å². The minimum absolute atomic E-state index is 0.199. The summed E-state index contributed by atoms with van der Waals surface area (Å²) in [4.78, 5) is 6.56. The average Bonchev–Trinajstić information content (AvgIpc) is 3.00. The Morgan fingerprint density at radius 1 is 1.47 bits per heavy atom. The monoisotopic (exact) mass is 278 g/mol. The average molecular weight is 278 g/mol. The fraction of sp³-hybridized carbons (Fsp3) is 0.500. The van der Waals surface area contributed by atoms with Crippen molar-refractivity contribution in [2.45, 2.75) is 32.5 Å². The molecule has 0 fully saturated rings. The molecule has 0 aromatic carbocycles. The predicted molar refractivity (Wildman–Crippen MR) is 80.2 cm³/mol. The number of nitrogens with zero attached hydrogens (tertiary/aromatic N) is 3. The molecule has 0 amide bonds. The van der Waals surface area contributed by atoms with E-state index >= 15 is 0 Å². The molecule has 2 aromatic rings. The highest BCUT2D eigenvalue weighted by atomic mass is 32.1. The highest BCUT2D eigenvalue weighted by molar-refractivity contribution is 7.07. The first-order valence-corrected chi connectivity index (χ1v) is 7.51. The predicted octanol–water partition coefficient (Wildman–Crippen LogP) is 2.66. The summed E-state index contributed by atoms with van der Waals surface area (Å²) in [6, 6.07) is 2.76. The van der Waals surface area contributed by atoms with Crippen LogP contribution in [0, 0.1) is 0 Å². The third kappa shape index (κ3) is 3.23. The molecule has 0 aliphatic carbocycles. The Kier molecular flexibility index (Phi) is 4.74. The highest BCUT2D eigenvalue weighted by Crippen LogP contribution is 2.23. The number of hydrogen-bond donors (Lipinski definition) is 1. The topological polar surface area (TPSA) is 47.1 Å². The first kappa shape index (κ1) is 14.2. The number of imidazole rings is 1. The second kappa shape index (κ2) is 6.32. The molecular formula is C14H22N4S. The molecule has 0 aliphatic rings. The van der Waals surface area contributed by atoms with Gasteiger partial charge < -0.3 is 10.3 Å². The van der Waals surface area contributed by atoms with E-state index in [0.29, 0.717) is 12.6 Å².